The first-order valence-electron chi connectivity index (χ1n) is 7.65. The van der Waals surface area contributed by atoms with Crippen LogP contribution in [-0.4, -0.2) is 62.7 Å². The zero-order chi connectivity index (χ0) is 13.7. The zero-order valence-electron chi connectivity index (χ0n) is 12.4. The van der Waals surface area contributed by atoms with Crippen LogP contribution in [0, 0.1) is 11.8 Å². The zero-order valence-corrected chi connectivity index (χ0v) is 12.4. The Hall–Kier alpha value is -0.610. The SMILES string of the molecule is CN(C)CCC1CCN(C(=O)C[C@@H]2CCOC2)CC1. The van der Waals surface area contributed by atoms with E-state index in [1.807, 2.05) is 0 Å². The maximum atomic E-state index is 12.2. The Morgan fingerprint density at radius 2 is 1.95 bits per heavy atom. The lowest BCUT2D eigenvalue weighted by atomic mass is 9.92. The minimum atomic E-state index is 0.349. The first kappa shape index (κ1) is 14.8. The van der Waals surface area contributed by atoms with Crippen molar-refractivity contribution in [2.24, 2.45) is 11.8 Å². The number of ether oxygens (including phenoxy) is 1. The summed E-state index contributed by atoms with van der Waals surface area (Å²) in [6.45, 7) is 4.71. The molecule has 0 aromatic rings. The quantitative estimate of drug-likeness (QED) is 0.759. The Labute approximate surface area is 117 Å². The normalized spacial score (nSPS) is 25.2. The average Bonchev–Trinajstić information content (AvgIpc) is 2.89. The number of amides is 1. The lowest BCUT2D eigenvalue weighted by Crippen LogP contribution is -2.39. The highest BCUT2D eigenvalue weighted by molar-refractivity contribution is 5.76. The Kier molecular flexibility index (Phi) is 5.64. The molecule has 0 bridgehead atoms. The van der Waals surface area contributed by atoms with Crippen molar-refractivity contribution >= 4 is 5.91 Å². The van der Waals surface area contributed by atoms with Gasteiger partial charge in [-0.3, -0.25) is 4.79 Å². The highest BCUT2D eigenvalue weighted by atomic mass is 16.5. The van der Waals surface area contributed by atoms with Gasteiger partial charge in [-0.1, -0.05) is 0 Å². The van der Waals surface area contributed by atoms with Crippen molar-refractivity contribution in [1.29, 1.82) is 0 Å². The van der Waals surface area contributed by atoms with Crippen LogP contribution in [0.15, 0.2) is 0 Å². The van der Waals surface area contributed by atoms with Crippen molar-refractivity contribution in [3.8, 4) is 0 Å². The van der Waals surface area contributed by atoms with Crippen LogP contribution in [0.5, 0.6) is 0 Å². The van der Waals surface area contributed by atoms with Gasteiger partial charge >= 0.3 is 0 Å². The van der Waals surface area contributed by atoms with Gasteiger partial charge in [0.1, 0.15) is 0 Å². The van der Waals surface area contributed by atoms with E-state index in [0.717, 1.165) is 45.2 Å². The molecule has 1 atom stereocenters. The molecule has 4 nitrogen and oxygen atoms in total. The fourth-order valence-corrected chi connectivity index (χ4v) is 3.03. The number of piperidine rings is 1. The summed E-state index contributed by atoms with van der Waals surface area (Å²) >= 11 is 0. The Bertz CT molecular complexity index is 280. The monoisotopic (exact) mass is 268 g/mol. The minimum Gasteiger partial charge on any atom is -0.381 e. The molecular weight excluding hydrogens is 240 g/mol. The molecule has 0 radical (unpaired) electrons. The Morgan fingerprint density at radius 3 is 2.53 bits per heavy atom. The summed E-state index contributed by atoms with van der Waals surface area (Å²) in [6, 6.07) is 0. The standard InChI is InChI=1S/C15H28N2O2/c1-16(2)7-3-13-4-8-17(9-5-13)15(18)11-14-6-10-19-12-14/h13-14H,3-12H2,1-2H3/t14-/m0/s1. The Balaban J connectivity index is 1.65. The second-order valence-corrected chi connectivity index (χ2v) is 6.35. The number of carbonyl (C=O) groups excluding carboxylic acids is 1. The predicted molar refractivity (Wildman–Crippen MR) is 76.0 cm³/mol. The fraction of sp³-hybridized carbons (Fsp3) is 0.933. The summed E-state index contributed by atoms with van der Waals surface area (Å²) in [6.07, 6.45) is 5.39. The van der Waals surface area contributed by atoms with Crippen molar-refractivity contribution in [2.45, 2.75) is 32.1 Å². The van der Waals surface area contributed by atoms with E-state index in [0.29, 0.717) is 18.2 Å². The van der Waals surface area contributed by atoms with E-state index in [9.17, 15) is 4.79 Å². The summed E-state index contributed by atoms with van der Waals surface area (Å²) in [7, 11) is 4.25. The molecule has 1 amide bonds. The molecule has 0 N–H and O–H groups in total. The molecule has 0 spiro atoms. The summed E-state index contributed by atoms with van der Waals surface area (Å²) < 4.78 is 5.34. The van der Waals surface area contributed by atoms with Gasteiger partial charge in [0.2, 0.25) is 5.91 Å². The molecule has 0 unspecified atom stereocenters. The molecule has 0 saturated carbocycles. The molecule has 2 saturated heterocycles. The highest BCUT2D eigenvalue weighted by Gasteiger charge is 2.26. The maximum absolute atomic E-state index is 12.2. The van der Waals surface area contributed by atoms with E-state index >= 15 is 0 Å². The number of carbonyl (C=O) groups is 1. The van der Waals surface area contributed by atoms with Crippen LogP contribution in [0.2, 0.25) is 0 Å². The van der Waals surface area contributed by atoms with E-state index < -0.39 is 0 Å². The van der Waals surface area contributed by atoms with E-state index in [1.165, 1.54) is 19.3 Å². The van der Waals surface area contributed by atoms with Gasteiger partial charge in [0, 0.05) is 32.7 Å². The summed E-state index contributed by atoms with van der Waals surface area (Å²) in [4.78, 5) is 16.5. The molecule has 2 aliphatic heterocycles. The number of rotatable bonds is 5. The molecule has 0 aliphatic carbocycles. The fourth-order valence-electron chi connectivity index (χ4n) is 3.03. The van der Waals surface area contributed by atoms with E-state index in [2.05, 4.69) is 23.9 Å². The van der Waals surface area contributed by atoms with Gasteiger partial charge in [0.15, 0.2) is 0 Å². The number of nitrogens with zero attached hydrogens (tertiary/aromatic N) is 2. The lowest BCUT2D eigenvalue weighted by molar-refractivity contribution is -0.133. The van der Waals surface area contributed by atoms with E-state index in [1.54, 1.807) is 0 Å². The number of hydrogen-bond acceptors (Lipinski definition) is 3. The molecule has 2 aliphatic rings. The predicted octanol–water partition coefficient (Wildman–Crippen LogP) is 1.60. The largest absolute Gasteiger partial charge is 0.381 e. The molecular formula is C15H28N2O2. The van der Waals surface area contributed by atoms with Crippen LogP contribution in [-0.2, 0) is 9.53 Å². The van der Waals surface area contributed by atoms with Crippen LogP contribution in [0.25, 0.3) is 0 Å². The molecule has 2 fully saturated rings. The van der Waals surface area contributed by atoms with Gasteiger partial charge in [-0.2, -0.15) is 0 Å². The second kappa shape index (κ2) is 7.25. The van der Waals surface area contributed by atoms with E-state index in [-0.39, 0.29) is 0 Å². The second-order valence-electron chi connectivity index (χ2n) is 6.35. The highest BCUT2D eigenvalue weighted by Crippen LogP contribution is 2.23. The topological polar surface area (TPSA) is 32.8 Å². The third-order valence-corrected chi connectivity index (χ3v) is 4.44. The summed E-state index contributed by atoms with van der Waals surface area (Å²) in [5.41, 5.74) is 0. The molecule has 0 aromatic carbocycles. The van der Waals surface area contributed by atoms with Crippen LogP contribution in [0.4, 0.5) is 0 Å². The molecule has 19 heavy (non-hydrogen) atoms. The van der Waals surface area contributed by atoms with Crippen LogP contribution in [0.3, 0.4) is 0 Å². The van der Waals surface area contributed by atoms with Gasteiger partial charge in [-0.15, -0.1) is 0 Å². The van der Waals surface area contributed by atoms with Crippen molar-refractivity contribution in [2.75, 3.05) is 46.9 Å². The third kappa shape index (κ3) is 4.77. The molecule has 4 heteroatoms. The average molecular weight is 268 g/mol. The molecule has 2 heterocycles. The molecule has 2 rings (SSSR count). The summed E-state index contributed by atoms with van der Waals surface area (Å²) in [5, 5.41) is 0. The first-order chi connectivity index (χ1) is 9.15. The lowest BCUT2D eigenvalue weighted by Gasteiger charge is -2.33. The molecule has 0 aromatic heterocycles. The van der Waals surface area contributed by atoms with Gasteiger partial charge in [0.05, 0.1) is 0 Å². The van der Waals surface area contributed by atoms with Crippen LogP contribution in [0.1, 0.15) is 32.1 Å². The van der Waals surface area contributed by atoms with Crippen molar-refractivity contribution in [3.63, 3.8) is 0 Å². The van der Waals surface area contributed by atoms with Crippen molar-refractivity contribution in [3.05, 3.63) is 0 Å². The Morgan fingerprint density at radius 1 is 1.21 bits per heavy atom. The van der Waals surface area contributed by atoms with Gasteiger partial charge < -0.3 is 14.5 Å². The van der Waals surface area contributed by atoms with Crippen LogP contribution >= 0.6 is 0 Å². The van der Waals surface area contributed by atoms with Crippen LogP contribution < -0.4 is 0 Å². The first-order valence-corrected chi connectivity index (χ1v) is 7.65. The van der Waals surface area contributed by atoms with Crippen molar-refractivity contribution < 1.29 is 9.53 Å². The minimum absolute atomic E-state index is 0.349. The maximum Gasteiger partial charge on any atom is 0.222 e. The van der Waals surface area contributed by atoms with Gasteiger partial charge in [-0.25, -0.2) is 0 Å². The smallest absolute Gasteiger partial charge is 0.222 e. The van der Waals surface area contributed by atoms with Crippen molar-refractivity contribution in [1.82, 2.24) is 9.80 Å². The summed E-state index contributed by atoms with van der Waals surface area (Å²) in [5.74, 6) is 1.63. The van der Waals surface area contributed by atoms with E-state index in [4.69, 9.17) is 4.74 Å². The van der Waals surface area contributed by atoms with Gasteiger partial charge in [-0.05, 0) is 58.2 Å². The number of hydrogen-bond donors (Lipinski definition) is 0. The van der Waals surface area contributed by atoms with Gasteiger partial charge in [0.25, 0.3) is 0 Å². The number of likely N-dealkylation sites (tertiary alicyclic amines) is 1. The third-order valence-electron chi connectivity index (χ3n) is 4.44. The molecule has 110 valence electrons.